The van der Waals surface area contributed by atoms with Crippen LogP contribution >= 0.6 is 11.3 Å². The molecule has 0 radical (unpaired) electrons. The molecule has 0 aliphatic rings. The zero-order chi connectivity index (χ0) is 15.4. The fourth-order valence-electron chi connectivity index (χ4n) is 1.70. The highest BCUT2D eigenvalue weighted by atomic mass is 32.1. The van der Waals surface area contributed by atoms with Gasteiger partial charge in [-0.05, 0) is 25.3 Å². The predicted octanol–water partition coefficient (Wildman–Crippen LogP) is 3.73. The van der Waals surface area contributed by atoms with E-state index in [2.05, 4.69) is 29.4 Å². The van der Waals surface area contributed by atoms with Crippen LogP contribution in [0.15, 0.2) is 34.7 Å². The molecule has 21 heavy (non-hydrogen) atoms. The van der Waals surface area contributed by atoms with Gasteiger partial charge in [-0.3, -0.25) is 4.79 Å². The number of aryl methyl sites for hydroxylation is 1. The zero-order valence-electron chi connectivity index (χ0n) is 12.7. The monoisotopic (exact) mass is 301 g/mol. The van der Waals surface area contributed by atoms with Crippen molar-refractivity contribution >= 4 is 23.0 Å². The summed E-state index contributed by atoms with van der Waals surface area (Å²) >= 11 is 1.34. The number of carbonyl (C=O) groups is 1. The number of benzene rings is 1. The molecule has 0 unspecified atom stereocenters. The smallest absolute Gasteiger partial charge is 0.265 e. The van der Waals surface area contributed by atoms with Crippen molar-refractivity contribution < 1.29 is 4.79 Å². The number of amides is 1. The largest absolute Gasteiger partial charge is 0.300 e. The lowest BCUT2D eigenvalue weighted by Crippen LogP contribution is -2.19. The van der Waals surface area contributed by atoms with E-state index in [0.29, 0.717) is 10.9 Å². The summed E-state index contributed by atoms with van der Waals surface area (Å²) in [5, 5.41) is 6.49. The van der Waals surface area contributed by atoms with Gasteiger partial charge in [0.25, 0.3) is 5.91 Å². The highest BCUT2D eigenvalue weighted by molar-refractivity contribution is 7.11. The van der Waals surface area contributed by atoms with Crippen LogP contribution < -0.4 is 5.43 Å². The molecule has 2 rings (SSSR count). The van der Waals surface area contributed by atoms with Gasteiger partial charge in [0, 0.05) is 5.38 Å². The van der Waals surface area contributed by atoms with Gasteiger partial charge in [-0.2, -0.15) is 5.10 Å². The lowest BCUT2D eigenvalue weighted by Gasteiger charge is -2.02. The van der Waals surface area contributed by atoms with E-state index in [1.807, 2.05) is 43.5 Å². The van der Waals surface area contributed by atoms with Gasteiger partial charge in [0.05, 0.1) is 11.4 Å². The second kappa shape index (κ2) is 6.63. The number of hydrazone groups is 1. The molecule has 1 aromatic heterocycles. The van der Waals surface area contributed by atoms with E-state index in [9.17, 15) is 4.79 Å². The molecule has 0 saturated heterocycles. The van der Waals surface area contributed by atoms with Crippen LogP contribution in [0.2, 0.25) is 0 Å². The third kappa shape index (κ3) is 3.98. The van der Waals surface area contributed by atoms with Crippen LogP contribution in [0, 0.1) is 6.92 Å². The molecule has 1 aromatic carbocycles. The minimum Gasteiger partial charge on any atom is -0.265 e. The van der Waals surface area contributed by atoms with Crippen molar-refractivity contribution in [2.45, 2.75) is 33.6 Å². The predicted molar refractivity (Wildman–Crippen MR) is 87.1 cm³/mol. The molecule has 5 heteroatoms. The fraction of sp³-hybridized carbons (Fsp3) is 0.312. The van der Waals surface area contributed by atoms with Crippen LogP contribution in [-0.2, 0) is 0 Å². The van der Waals surface area contributed by atoms with Gasteiger partial charge in [-0.25, -0.2) is 10.4 Å². The Hall–Kier alpha value is -2.01. The molecule has 1 amide bonds. The van der Waals surface area contributed by atoms with Gasteiger partial charge in [-0.1, -0.05) is 43.7 Å². The van der Waals surface area contributed by atoms with Crippen molar-refractivity contribution in [1.29, 1.82) is 0 Å². The number of thiazole rings is 1. The lowest BCUT2D eigenvalue weighted by molar-refractivity contribution is 0.0954. The fourth-order valence-corrected chi connectivity index (χ4v) is 2.57. The highest BCUT2D eigenvalue weighted by Crippen LogP contribution is 2.17. The summed E-state index contributed by atoms with van der Waals surface area (Å²) in [6, 6.07) is 8.01. The summed E-state index contributed by atoms with van der Waals surface area (Å²) in [4.78, 5) is 16.3. The summed E-state index contributed by atoms with van der Waals surface area (Å²) in [5.74, 6) is 0.0546. The first-order chi connectivity index (χ1) is 9.97. The number of rotatable bonds is 4. The molecular weight excluding hydrogens is 282 g/mol. The number of hydrogen-bond donors (Lipinski definition) is 1. The molecule has 0 aliphatic heterocycles. The van der Waals surface area contributed by atoms with Crippen LogP contribution in [0.1, 0.15) is 53.3 Å². The van der Waals surface area contributed by atoms with Gasteiger partial charge in [0.15, 0.2) is 5.01 Å². The van der Waals surface area contributed by atoms with Crippen LogP contribution in [0.3, 0.4) is 0 Å². The summed E-state index contributed by atoms with van der Waals surface area (Å²) in [5.41, 5.74) is 6.45. The number of carbonyl (C=O) groups excluding carboxylic acids is 1. The Labute approximate surface area is 128 Å². The van der Waals surface area contributed by atoms with Crippen LogP contribution in [0.4, 0.5) is 0 Å². The van der Waals surface area contributed by atoms with Crippen LogP contribution in [-0.4, -0.2) is 16.6 Å². The number of aromatic nitrogens is 1. The second-order valence-electron chi connectivity index (χ2n) is 5.24. The number of hydrogen-bond acceptors (Lipinski definition) is 4. The number of nitrogens with zero attached hydrogens (tertiary/aromatic N) is 2. The van der Waals surface area contributed by atoms with E-state index in [-0.39, 0.29) is 5.91 Å². The normalized spacial score (nSPS) is 11.8. The molecular formula is C16H19N3OS. The Bertz CT molecular complexity index is 656. The summed E-state index contributed by atoms with van der Waals surface area (Å²) in [6.07, 6.45) is 0. The van der Waals surface area contributed by atoms with Crippen molar-refractivity contribution in [1.82, 2.24) is 10.4 Å². The molecule has 110 valence electrons. The van der Waals surface area contributed by atoms with Crippen molar-refractivity contribution in [3.8, 4) is 0 Å². The first-order valence-electron chi connectivity index (χ1n) is 6.84. The molecule has 1 N–H and O–H groups in total. The maximum absolute atomic E-state index is 12.0. The molecule has 0 saturated carbocycles. The SMILES string of the molecule is C/C(=N\NC(=O)c1nc(C(C)C)cs1)c1ccc(C)cc1. The first kappa shape index (κ1) is 15.4. The third-order valence-corrected chi connectivity index (χ3v) is 3.96. The van der Waals surface area contributed by atoms with E-state index in [1.54, 1.807) is 0 Å². The van der Waals surface area contributed by atoms with Crippen molar-refractivity contribution in [3.63, 3.8) is 0 Å². The van der Waals surface area contributed by atoms with Crippen LogP contribution in [0.5, 0.6) is 0 Å². The summed E-state index contributed by atoms with van der Waals surface area (Å²) in [7, 11) is 0. The Morgan fingerprint density at radius 2 is 1.95 bits per heavy atom. The highest BCUT2D eigenvalue weighted by Gasteiger charge is 2.12. The van der Waals surface area contributed by atoms with E-state index >= 15 is 0 Å². The minimum absolute atomic E-state index is 0.265. The Morgan fingerprint density at radius 1 is 1.29 bits per heavy atom. The Morgan fingerprint density at radius 3 is 2.52 bits per heavy atom. The van der Waals surface area contributed by atoms with Gasteiger partial charge < -0.3 is 0 Å². The van der Waals surface area contributed by atoms with Crippen LogP contribution in [0.25, 0.3) is 0 Å². The second-order valence-corrected chi connectivity index (χ2v) is 6.09. The van der Waals surface area contributed by atoms with E-state index < -0.39 is 0 Å². The first-order valence-corrected chi connectivity index (χ1v) is 7.72. The van der Waals surface area contributed by atoms with Gasteiger partial charge in [0.2, 0.25) is 0 Å². The van der Waals surface area contributed by atoms with Crippen molar-refractivity contribution in [2.24, 2.45) is 5.10 Å². The topological polar surface area (TPSA) is 54.4 Å². The quantitative estimate of drug-likeness (QED) is 0.691. The molecule has 4 nitrogen and oxygen atoms in total. The van der Waals surface area contributed by atoms with Gasteiger partial charge in [0.1, 0.15) is 0 Å². The maximum Gasteiger partial charge on any atom is 0.300 e. The Balaban J connectivity index is 2.05. The average Bonchev–Trinajstić information content (AvgIpc) is 2.95. The molecule has 0 atom stereocenters. The van der Waals surface area contributed by atoms with E-state index in [4.69, 9.17) is 0 Å². The molecule has 0 fully saturated rings. The summed E-state index contributed by atoms with van der Waals surface area (Å²) < 4.78 is 0. The van der Waals surface area contributed by atoms with E-state index in [1.165, 1.54) is 16.9 Å². The molecule has 2 aromatic rings. The molecule has 1 heterocycles. The third-order valence-electron chi connectivity index (χ3n) is 3.10. The lowest BCUT2D eigenvalue weighted by atomic mass is 10.1. The van der Waals surface area contributed by atoms with Gasteiger partial charge >= 0.3 is 0 Å². The Kier molecular flexibility index (Phi) is 4.85. The summed E-state index contributed by atoms with van der Waals surface area (Å²) in [6.45, 7) is 8.01. The van der Waals surface area contributed by atoms with Crippen molar-refractivity contribution in [3.05, 3.63) is 51.5 Å². The molecule has 0 aliphatic carbocycles. The number of nitrogens with one attached hydrogen (secondary N) is 1. The van der Waals surface area contributed by atoms with Gasteiger partial charge in [-0.15, -0.1) is 11.3 Å². The molecule has 0 bridgehead atoms. The minimum atomic E-state index is -0.265. The average molecular weight is 301 g/mol. The van der Waals surface area contributed by atoms with Crippen molar-refractivity contribution in [2.75, 3.05) is 0 Å². The molecule has 0 spiro atoms. The zero-order valence-corrected chi connectivity index (χ0v) is 13.5. The standard InChI is InChI=1S/C16H19N3OS/c1-10(2)14-9-21-16(17-14)15(20)19-18-12(4)13-7-5-11(3)6-8-13/h5-10H,1-4H3,(H,19,20)/b18-12+. The van der Waals surface area contributed by atoms with E-state index in [0.717, 1.165) is 17.0 Å². The maximum atomic E-state index is 12.0.